The maximum Gasteiger partial charge on any atom is 0.332 e. The first-order valence-corrected chi connectivity index (χ1v) is 4.83. The van der Waals surface area contributed by atoms with Crippen molar-refractivity contribution in [1.29, 1.82) is 0 Å². The van der Waals surface area contributed by atoms with Crippen LogP contribution >= 0.6 is 0 Å². The summed E-state index contributed by atoms with van der Waals surface area (Å²) in [7, 11) is 0. The van der Waals surface area contributed by atoms with Crippen LogP contribution in [0.4, 0.5) is 0 Å². The SMILES string of the molecule is O=C(CO[N+](=O)[O-])OC/C=C\c1ccccc1. The van der Waals surface area contributed by atoms with Gasteiger partial charge in [-0.1, -0.05) is 36.4 Å². The van der Waals surface area contributed by atoms with E-state index in [2.05, 4.69) is 9.57 Å². The van der Waals surface area contributed by atoms with Crippen molar-refractivity contribution in [3.63, 3.8) is 0 Å². The summed E-state index contributed by atoms with van der Waals surface area (Å²) in [6.07, 6.45) is 3.42. The van der Waals surface area contributed by atoms with Crippen molar-refractivity contribution in [3.05, 3.63) is 52.1 Å². The van der Waals surface area contributed by atoms with E-state index >= 15 is 0 Å². The zero-order valence-electron chi connectivity index (χ0n) is 8.94. The molecule has 0 aliphatic rings. The molecule has 0 aliphatic heterocycles. The molecule has 1 aromatic rings. The quantitative estimate of drug-likeness (QED) is 0.425. The zero-order valence-corrected chi connectivity index (χ0v) is 8.94. The van der Waals surface area contributed by atoms with Crippen LogP contribution in [-0.4, -0.2) is 24.3 Å². The minimum Gasteiger partial charge on any atom is -0.460 e. The fourth-order valence-electron chi connectivity index (χ4n) is 1.04. The smallest absolute Gasteiger partial charge is 0.332 e. The van der Waals surface area contributed by atoms with Crippen LogP contribution in [0.2, 0.25) is 0 Å². The Bertz CT molecular complexity index is 402. The van der Waals surface area contributed by atoms with Gasteiger partial charge in [-0.3, -0.25) is 0 Å². The van der Waals surface area contributed by atoms with Crippen molar-refractivity contribution in [2.24, 2.45) is 0 Å². The highest BCUT2D eigenvalue weighted by Gasteiger charge is 2.04. The number of hydrogen-bond donors (Lipinski definition) is 0. The van der Waals surface area contributed by atoms with Crippen LogP contribution in [0, 0.1) is 10.1 Å². The molecule has 0 aromatic heterocycles. The summed E-state index contributed by atoms with van der Waals surface area (Å²) in [5.41, 5.74) is 0.977. The molecule has 0 spiro atoms. The molecule has 90 valence electrons. The first kappa shape index (κ1) is 12.7. The Morgan fingerprint density at radius 2 is 2.06 bits per heavy atom. The molecule has 1 rings (SSSR count). The van der Waals surface area contributed by atoms with E-state index in [-0.39, 0.29) is 6.61 Å². The zero-order chi connectivity index (χ0) is 12.5. The Labute approximate surface area is 97.6 Å². The van der Waals surface area contributed by atoms with E-state index in [9.17, 15) is 14.9 Å². The van der Waals surface area contributed by atoms with Crippen molar-refractivity contribution in [1.82, 2.24) is 0 Å². The van der Waals surface area contributed by atoms with Gasteiger partial charge in [0.25, 0.3) is 5.09 Å². The number of nitrogens with zero attached hydrogens (tertiary/aromatic N) is 1. The summed E-state index contributed by atoms with van der Waals surface area (Å²) < 4.78 is 4.66. The number of carbonyl (C=O) groups is 1. The number of benzene rings is 1. The number of rotatable bonds is 6. The van der Waals surface area contributed by atoms with Gasteiger partial charge in [-0.15, -0.1) is 10.1 Å². The number of ether oxygens (including phenoxy) is 1. The Balaban J connectivity index is 2.21. The monoisotopic (exact) mass is 237 g/mol. The van der Waals surface area contributed by atoms with E-state index in [0.717, 1.165) is 5.56 Å². The maximum atomic E-state index is 10.9. The van der Waals surface area contributed by atoms with Gasteiger partial charge < -0.3 is 9.57 Å². The molecule has 0 bridgehead atoms. The molecule has 0 atom stereocenters. The lowest BCUT2D eigenvalue weighted by molar-refractivity contribution is -0.754. The van der Waals surface area contributed by atoms with Crippen LogP contribution < -0.4 is 0 Å². The van der Waals surface area contributed by atoms with Crippen LogP contribution in [0.5, 0.6) is 0 Å². The molecule has 6 nitrogen and oxygen atoms in total. The Morgan fingerprint density at radius 3 is 2.71 bits per heavy atom. The van der Waals surface area contributed by atoms with Gasteiger partial charge in [0, 0.05) is 0 Å². The third-order valence-electron chi connectivity index (χ3n) is 1.74. The second-order valence-corrected chi connectivity index (χ2v) is 2.99. The Hall–Kier alpha value is -2.37. The highest BCUT2D eigenvalue weighted by molar-refractivity contribution is 5.70. The molecule has 0 saturated carbocycles. The van der Waals surface area contributed by atoms with Crippen LogP contribution in [-0.2, 0) is 14.4 Å². The minimum absolute atomic E-state index is 0.0504. The number of hydrogen-bond acceptors (Lipinski definition) is 5. The van der Waals surface area contributed by atoms with Gasteiger partial charge in [0.15, 0.2) is 6.61 Å². The highest BCUT2D eigenvalue weighted by atomic mass is 17.0. The van der Waals surface area contributed by atoms with Crippen molar-refractivity contribution in [2.75, 3.05) is 13.2 Å². The van der Waals surface area contributed by atoms with Gasteiger partial charge in [0.05, 0.1) is 0 Å². The summed E-state index contributed by atoms with van der Waals surface area (Å²) in [6.45, 7) is -0.638. The predicted octanol–water partition coefficient (Wildman–Crippen LogP) is 1.45. The van der Waals surface area contributed by atoms with E-state index < -0.39 is 17.7 Å². The highest BCUT2D eigenvalue weighted by Crippen LogP contribution is 2.00. The average Bonchev–Trinajstić information content (AvgIpc) is 2.33. The average molecular weight is 237 g/mol. The standard InChI is InChI=1S/C11H11NO5/c13-11(9-17-12(14)15)16-8-4-7-10-5-2-1-3-6-10/h1-7H,8-9H2/b7-4-. The fraction of sp³-hybridized carbons (Fsp3) is 0.182. The molecule has 0 aliphatic carbocycles. The Kier molecular flexibility index (Phi) is 5.23. The lowest BCUT2D eigenvalue weighted by Crippen LogP contribution is -2.15. The number of esters is 1. The van der Waals surface area contributed by atoms with Gasteiger partial charge in [0.1, 0.15) is 6.61 Å². The Morgan fingerprint density at radius 1 is 1.35 bits per heavy atom. The van der Waals surface area contributed by atoms with Crippen LogP contribution in [0.15, 0.2) is 36.4 Å². The molecule has 0 saturated heterocycles. The van der Waals surface area contributed by atoms with Crippen LogP contribution in [0.25, 0.3) is 6.08 Å². The van der Waals surface area contributed by atoms with E-state index in [0.29, 0.717) is 0 Å². The topological polar surface area (TPSA) is 78.7 Å². The van der Waals surface area contributed by atoms with E-state index in [4.69, 9.17) is 0 Å². The minimum atomic E-state index is -1.04. The summed E-state index contributed by atoms with van der Waals surface area (Å²) in [6, 6.07) is 9.46. The normalized spacial score (nSPS) is 10.1. The molecule has 1 aromatic carbocycles. The van der Waals surface area contributed by atoms with Crippen LogP contribution in [0.1, 0.15) is 5.56 Å². The van der Waals surface area contributed by atoms with Crippen LogP contribution in [0.3, 0.4) is 0 Å². The second kappa shape index (κ2) is 7.00. The molecular weight excluding hydrogens is 226 g/mol. The van der Waals surface area contributed by atoms with E-state index in [1.54, 1.807) is 12.2 Å². The van der Waals surface area contributed by atoms with E-state index in [1.165, 1.54) is 0 Å². The molecule has 17 heavy (non-hydrogen) atoms. The second-order valence-electron chi connectivity index (χ2n) is 2.99. The molecule has 0 radical (unpaired) electrons. The number of carbonyl (C=O) groups excluding carboxylic acids is 1. The maximum absolute atomic E-state index is 10.9. The van der Waals surface area contributed by atoms with Crippen molar-refractivity contribution in [3.8, 4) is 0 Å². The summed E-state index contributed by atoms with van der Waals surface area (Å²) in [5, 5.41) is 8.74. The van der Waals surface area contributed by atoms with Crippen molar-refractivity contribution < 1.29 is 19.5 Å². The molecule has 0 unspecified atom stereocenters. The summed E-state index contributed by atoms with van der Waals surface area (Å²) in [5.74, 6) is -0.778. The summed E-state index contributed by atoms with van der Waals surface area (Å²) >= 11 is 0. The van der Waals surface area contributed by atoms with Gasteiger partial charge in [0.2, 0.25) is 0 Å². The molecule has 0 heterocycles. The largest absolute Gasteiger partial charge is 0.460 e. The predicted molar refractivity (Wildman–Crippen MR) is 59.4 cm³/mol. The summed E-state index contributed by atoms with van der Waals surface area (Å²) in [4.78, 5) is 24.5. The lowest BCUT2D eigenvalue weighted by atomic mass is 10.2. The lowest BCUT2D eigenvalue weighted by Gasteiger charge is -1.99. The molecule has 0 amide bonds. The van der Waals surface area contributed by atoms with Gasteiger partial charge in [-0.2, -0.15) is 0 Å². The fourth-order valence-corrected chi connectivity index (χ4v) is 1.04. The first-order chi connectivity index (χ1) is 8.18. The third kappa shape index (κ3) is 5.93. The van der Waals surface area contributed by atoms with Crippen molar-refractivity contribution in [2.45, 2.75) is 0 Å². The molecular formula is C11H11NO5. The molecule has 0 N–H and O–H groups in total. The van der Waals surface area contributed by atoms with Gasteiger partial charge in [-0.25, -0.2) is 4.79 Å². The molecule has 6 heteroatoms. The van der Waals surface area contributed by atoms with Gasteiger partial charge in [-0.05, 0) is 11.6 Å². The first-order valence-electron chi connectivity index (χ1n) is 4.83. The third-order valence-corrected chi connectivity index (χ3v) is 1.74. The molecule has 0 fully saturated rings. The van der Waals surface area contributed by atoms with Crippen molar-refractivity contribution >= 4 is 12.0 Å². The van der Waals surface area contributed by atoms with Gasteiger partial charge >= 0.3 is 5.97 Å². The van der Waals surface area contributed by atoms with E-state index in [1.807, 2.05) is 30.3 Å².